The molecule has 2 amide bonds. The Morgan fingerprint density at radius 2 is 2.08 bits per heavy atom. The number of amides is 2. The lowest BCUT2D eigenvalue weighted by atomic mass is 9.97. The van der Waals surface area contributed by atoms with Crippen molar-refractivity contribution in [3.05, 3.63) is 58.0 Å². The van der Waals surface area contributed by atoms with E-state index in [-0.39, 0.29) is 36.1 Å². The maximum Gasteiger partial charge on any atom is 0.234 e. The third-order valence-corrected chi connectivity index (χ3v) is 5.55. The predicted octanol–water partition coefficient (Wildman–Crippen LogP) is 2.29. The maximum absolute atomic E-state index is 13.2. The summed E-state index contributed by atoms with van der Waals surface area (Å²) in [4.78, 5) is 26.9. The van der Waals surface area contributed by atoms with Crippen molar-refractivity contribution in [2.24, 2.45) is 11.7 Å². The molecule has 1 aliphatic heterocycles. The second kappa shape index (κ2) is 8.42. The van der Waals surface area contributed by atoms with Crippen molar-refractivity contribution in [2.45, 2.75) is 18.9 Å². The van der Waals surface area contributed by atoms with Crippen molar-refractivity contribution in [3.8, 4) is 0 Å². The standard InChI is InChI=1S/C19H22FN3O2S/c20-15-7-5-13(6-8-15)18(16-4-2-10-26-16)22-17(24)12-23-9-1-3-14(11-23)19(21)25/h2,4-8,10,14,18H,1,3,9,11-12H2,(H2,21,25)(H,22,24)/t14-,18-/m0/s1. The quantitative estimate of drug-likeness (QED) is 0.813. The summed E-state index contributed by atoms with van der Waals surface area (Å²) in [6.07, 6.45) is 1.63. The van der Waals surface area contributed by atoms with E-state index >= 15 is 0 Å². The fourth-order valence-corrected chi connectivity index (χ4v) is 4.07. The molecule has 0 aliphatic carbocycles. The van der Waals surface area contributed by atoms with E-state index in [0.717, 1.165) is 29.8 Å². The van der Waals surface area contributed by atoms with Crippen LogP contribution in [0.2, 0.25) is 0 Å². The fourth-order valence-electron chi connectivity index (χ4n) is 3.27. The highest BCUT2D eigenvalue weighted by Gasteiger charge is 2.26. The average molecular weight is 375 g/mol. The average Bonchev–Trinajstić information content (AvgIpc) is 3.15. The zero-order valence-electron chi connectivity index (χ0n) is 14.4. The largest absolute Gasteiger partial charge is 0.369 e. The number of piperidine rings is 1. The van der Waals surface area contributed by atoms with E-state index in [1.54, 1.807) is 12.1 Å². The summed E-state index contributed by atoms with van der Waals surface area (Å²) in [5, 5.41) is 4.98. The first-order valence-corrected chi connectivity index (χ1v) is 9.51. The summed E-state index contributed by atoms with van der Waals surface area (Å²) in [7, 11) is 0. The van der Waals surface area contributed by atoms with Crippen molar-refractivity contribution < 1.29 is 14.0 Å². The van der Waals surface area contributed by atoms with Crippen LogP contribution in [0.1, 0.15) is 29.3 Å². The Balaban J connectivity index is 1.68. The van der Waals surface area contributed by atoms with Crippen LogP contribution < -0.4 is 11.1 Å². The molecule has 3 N–H and O–H groups in total. The number of thiophene rings is 1. The molecule has 3 rings (SSSR count). The molecule has 1 aromatic heterocycles. The molecule has 2 atom stereocenters. The molecule has 2 aromatic rings. The van der Waals surface area contributed by atoms with Crippen molar-refractivity contribution in [3.63, 3.8) is 0 Å². The number of carbonyl (C=O) groups excluding carboxylic acids is 2. The Hall–Kier alpha value is -2.25. The molecule has 1 saturated heterocycles. The first-order valence-electron chi connectivity index (χ1n) is 8.63. The molecule has 0 spiro atoms. The topological polar surface area (TPSA) is 75.4 Å². The molecule has 1 aromatic carbocycles. The number of nitrogens with zero attached hydrogens (tertiary/aromatic N) is 1. The van der Waals surface area contributed by atoms with Crippen LogP contribution in [-0.4, -0.2) is 36.3 Å². The summed E-state index contributed by atoms with van der Waals surface area (Å²) in [6.45, 7) is 1.51. The number of likely N-dealkylation sites (tertiary alicyclic amines) is 1. The lowest BCUT2D eigenvalue weighted by Crippen LogP contribution is -2.46. The zero-order valence-corrected chi connectivity index (χ0v) is 15.2. The molecular weight excluding hydrogens is 353 g/mol. The van der Waals surface area contributed by atoms with Gasteiger partial charge >= 0.3 is 0 Å². The van der Waals surface area contributed by atoms with Crippen LogP contribution in [0, 0.1) is 11.7 Å². The van der Waals surface area contributed by atoms with Crippen LogP contribution in [0.25, 0.3) is 0 Å². The number of carbonyl (C=O) groups is 2. The lowest BCUT2D eigenvalue weighted by molar-refractivity contribution is -0.127. The second-order valence-corrected chi connectivity index (χ2v) is 7.52. The Labute approximate surface area is 156 Å². The molecule has 0 saturated carbocycles. The summed E-state index contributed by atoms with van der Waals surface area (Å²) in [5.74, 6) is -0.937. The van der Waals surface area contributed by atoms with E-state index in [4.69, 9.17) is 5.73 Å². The molecule has 2 heterocycles. The van der Waals surface area contributed by atoms with Gasteiger partial charge in [0.1, 0.15) is 5.82 Å². The Morgan fingerprint density at radius 3 is 2.73 bits per heavy atom. The first kappa shape index (κ1) is 18.5. The monoisotopic (exact) mass is 375 g/mol. The second-order valence-electron chi connectivity index (χ2n) is 6.54. The number of halogens is 1. The molecule has 1 fully saturated rings. The number of nitrogens with two attached hydrogens (primary N) is 1. The van der Waals surface area contributed by atoms with Crippen molar-refractivity contribution >= 4 is 23.2 Å². The van der Waals surface area contributed by atoms with Crippen molar-refractivity contribution in [2.75, 3.05) is 19.6 Å². The Bertz CT molecular complexity index is 749. The van der Waals surface area contributed by atoms with Crippen LogP contribution in [0.15, 0.2) is 41.8 Å². The van der Waals surface area contributed by atoms with Gasteiger partial charge in [-0.1, -0.05) is 18.2 Å². The minimum absolute atomic E-state index is 0.127. The molecule has 1 aliphatic rings. The van der Waals surface area contributed by atoms with Gasteiger partial charge in [0.15, 0.2) is 0 Å². The van der Waals surface area contributed by atoms with Gasteiger partial charge in [-0.15, -0.1) is 11.3 Å². The number of hydrogen-bond donors (Lipinski definition) is 2. The van der Waals surface area contributed by atoms with Crippen LogP contribution in [0.5, 0.6) is 0 Å². The molecule has 0 radical (unpaired) electrons. The third-order valence-electron chi connectivity index (χ3n) is 4.61. The van der Waals surface area contributed by atoms with Gasteiger partial charge in [-0.2, -0.15) is 0 Å². The van der Waals surface area contributed by atoms with Crippen LogP contribution in [-0.2, 0) is 9.59 Å². The number of hydrogen-bond acceptors (Lipinski definition) is 4. The molecular formula is C19H22FN3O2S. The van der Waals surface area contributed by atoms with Crippen LogP contribution >= 0.6 is 11.3 Å². The highest BCUT2D eigenvalue weighted by Crippen LogP contribution is 2.26. The Morgan fingerprint density at radius 1 is 1.31 bits per heavy atom. The number of primary amides is 1. The summed E-state index contributed by atoms with van der Waals surface area (Å²) < 4.78 is 13.2. The maximum atomic E-state index is 13.2. The molecule has 7 heteroatoms. The smallest absolute Gasteiger partial charge is 0.234 e. The Kier molecular flexibility index (Phi) is 6.00. The first-order chi connectivity index (χ1) is 12.5. The third kappa shape index (κ3) is 4.68. The molecule has 0 bridgehead atoms. The summed E-state index contributed by atoms with van der Waals surface area (Å²) >= 11 is 1.54. The molecule has 0 unspecified atom stereocenters. The van der Waals surface area contributed by atoms with Crippen molar-refractivity contribution in [1.29, 1.82) is 0 Å². The van der Waals surface area contributed by atoms with E-state index in [0.29, 0.717) is 6.54 Å². The van der Waals surface area contributed by atoms with Crippen molar-refractivity contribution in [1.82, 2.24) is 10.2 Å². The van der Waals surface area contributed by atoms with E-state index in [9.17, 15) is 14.0 Å². The normalized spacial score (nSPS) is 19.0. The summed E-state index contributed by atoms with van der Waals surface area (Å²) in [5.41, 5.74) is 6.23. The SMILES string of the molecule is NC(=O)[C@H]1CCCN(CC(=O)N[C@@H](c2ccc(F)cc2)c2cccs2)C1. The zero-order chi connectivity index (χ0) is 18.5. The van der Waals surface area contributed by atoms with E-state index in [1.165, 1.54) is 23.5 Å². The van der Waals surface area contributed by atoms with Gasteiger partial charge < -0.3 is 11.1 Å². The molecule has 26 heavy (non-hydrogen) atoms. The lowest BCUT2D eigenvalue weighted by Gasteiger charge is -2.31. The minimum Gasteiger partial charge on any atom is -0.369 e. The number of rotatable bonds is 6. The van der Waals surface area contributed by atoms with Gasteiger partial charge in [0.25, 0.3) is 0 Å². The number of nitrogens with one attached hydrogen (secondary N) is 1. The van der Waals surface area contributed by atoms with Crippen LogP contribution in [0.3, 0.4) is 0 Å². The highest BCUT2D eigenvalue weighted by molar-refractivity contribution is 7.10. The number of benzene rings is 1. The van der Waals surface area contributed by atoms with Gasteiger partial charge in [0.05, 0.1) is 18.5 Å². The highest BCUT2D eigenvalue weighted by atomic mass is 32.1. The van der Waals surface area contributed by atoms with E-state index in [2.05, 4.69) is 5.32 Å². The van der Waals surface area contributed by atoms with Crippen LogP contribution in [0.4, 0.5) is 4.39 Å². The van der Waals surface area contributed by atoms with E-state index < -0.39 is 0 Å². The van der Waals surface area contributed by atoms with Gasteiger partial charge in [0.2, 0.25) is 11.8 Å². The van der Waals surface area contributed by atoms with Gasteiger partial charge in [-0.25, -0.2) is 4.39 Å². The van der Waals surface area contributed by atoms with Gasteiger partial charge in [-0.05, 0) is 48.5 Å². The molecule has 5 nitrogen and oxygen atoms in total. The summed E-state index contributed by atoms with van der Waals surface area (Å²) in [6, 6.07) is 9.70. The van der Waals surface area contributed by atoms with E-state index in [1.807, 2.05) is 22.4 Å². The predicted molar refractivity (Wildman–Crippen MR) is 99.1 cm³/mol. The van der Waals surface area contributed by atoms with Gasteiger partial charge in [-0.3, -0.25) is 14.5 Å². The minimum atomic E-state index is -0.320. The molecule has 138 valence electrons. The van der Waals surface area contributed by atoms with Gasteiger partial charge in [0, 0.05) is 11.4 Å². The fraction of sp³-hybridized carbons (Fsp3) is 0.368.